The summed E-state index contributed by atoms with van der Waals surface area (Å²) in [7, 11) is 0. The Hall–Kier alpha value is -2.23. The van der Waals surface area contributed by atoms with Crippen LogP contribution in [0.25, 0.3) is 0 Å². The Morgan fingerprint density at radius 1 is 1.30 bits per heavy atom. The molecule has 164 valence electrons. The molecule has 3 heterocycles. The van der Waals surface area contributed by atoms with Crippen molar-refractivity contribution in [2.45, 2.75) is 49.1 Å². The van der Waals surface area contributed by atoms with E-state index in [-0.39, 0.29) is 16.8 Å². The van der Waals surface area contributed by atoms with E-state index in [0.29, 0.717) is 0 Å². The quantitative estimate of drug-likeness (QED) is 0.766. The van der Waals surface area contributed by atoms with Crippen molar-refractivity contribution in [2.24, 2.45) is 0 Å². The van der Waals surface area contributed by atoms with E-state index >= 15 is 0 Å². The van der Waals surface area contributed by atoms with Crippen molar-refractivity contribution in [1.29, 1.82) is 0 Å². The van der Waals surface area contributed by atoms with Gasteiger partial charge in [-0.05, 0) is 37.8 Å². The van der Waals surface area contributed by atoms with Crippen LogP contribution in [0.5, 0.6) is 5.75 Å². The van der Waals surface area contributed by atoms with Crippen LogP contribution in [0.4, 0.5) is 13.2 Å². The Morgan fingerprint density at radius 2 is 2.03 bits per heavy atom. The van der Waals surface area contributed by atoms with Crippen molar-refractivity contribution in [2.75, 3.05) is 18.8 Å². The molecule has 1 aromatic rings. The molecule has 1 amide bonds. The van der Waals surface area contributed by atoms with Gasteiger partial charge in [0.25, 0.3) is 0 Å². The summed E-state index contributed by atoms with van der Waals surface area (Å²) < 4.78 is 38.0. The molecular weight excluding hydrogens is 421 g/mol. The lowest BCUT2D eigenvalue weighted by Crippen LogP contribution is -2.61. The molecule has 2 aliphatic heterocycles. The maximum absolute atomic E-state index is 12.5. The molecule has 3 aliphatic rings. The van der Waals surface area contributed by atoms with Crippen LogP contribution in [0.1, 0.15) is 32.1 Å². The van der Waals surface area contributed by atoms with Crippen LogP contribution < -0.4 is 4.74 Å². The minimum Gasteiger partial charge on any atom is -0.488 e. The average Bonchev–Trinajstić information content (AvgIpc) is 3.12. The average molecular weight is 444 g/mol. The number of hydrogen-bond acceptors (Lipinski definition) is 5. The molecule has 2 fully saturated rings. The number of halogens is 3. The summed E-state index contributed by atoms with van der Waals surface area (Å²) in [6.07, 6.45) is 6.25. The number of amides is 1. The van der Waals surface area contributed by atoms with E-state index in [1.54, 1.807) is 12.4 Å². The molecule has 1 aromatic heterocycles. The Labute approximate surface area is 176 Å². The SMILES string of the molecule is O=C(C1=CCCCC1)N1CC2(CC(Oc3cccnc3)CS2)C1.O=C(O)C(F)(F)F. The summed E-state index contributed by atoms with van der Waals surface area (Å²) in [6.45, 7) is 1.75. The first-order chi connectivity index (χ1) is 14.2. The molecule has 2 saturated heterocycles. The van der Waals surface area contributed by atoms with Crippen molar-refractivity contribution in [3.8, 4) is 5.75 Å². The monoisotopic (exact) mass is 444 g/mol. The van der Waals surface area contributed by atoms with Gasteiger partial charge in [-0.3, -0.25) is 9.78 Å². The predicted octanol–water partition coefficient (Wildman–Crippen LogP) is 3.68. The highest BCUT2D eigenvalue weighted by Gasteiger charge is 2.51. The number of rotatable bonds is 3. The summed E-state index contributed by atoms with van der Waals surface area (Å²) >= 11 is 1.97. The third-order valence-corrected chi connectivity index (χ3v) is 6.74. The number of hydrogen-bond donors (Lipinski definition) is 1. The third-order valence-electron chi connectivity index (χ3n) is 5.17. The van der Waals surface area contributed by atoms with E-state index < -0.39 is 12.1 Å². The molecule has 0 radical (unpaired) electrons. The summed E-state index contributed by atoms with van der Waals surface area (Å²) in [5.74, 6) is -0.644. The number of carbonyl (C=O) groups is 2. The molecule has 6 nitrogen and oxygen atoms in total. The number of thioether (sulfide) groups is 1. The van der Waals surface area contributed by atoms with E-state index in [1.165, 1.54) is 6.42 Å². The zero-order valence-electron chi connectivity index (χ0n) is 16.2. The molecule has 0 bridgehead atoms. The highest BCUT2D eigenvalue weighted by Crippen LogP contribution is 2.46. The number of aromatic nitrogens is 1. The fraction of sp³-hybridized carbons (Fsp3) is 0.550. The second-order valence-electron chi connectivity index (χ2n) is 7.57. The Bertz CT molecular complexity index is 795. The molecule has 30 heavy (non-hydrogen) atoms. The van der Waals surface area contributed by atoms with Gasteiger partial charge in [0.15, 0.2) is 0 Å². The molecule has 1 unspecified atom stereocenters. The standard InChI is InChI=1S/C18H22N2O2S.C2HF3O2/c21-17(14-5-2-1-3-6-14)20-12-18(13-20)9-16(11-23-18)22-15-7-4-8-19-10-15;3-2(4,5)1(6)7/h4-5,7-8,10,16H,1-3,6,9,11-13H2;(H,6,7). The fourth-order valence-corrected chi connectivity index (χ4v) is 5.26. The van der Waals surface area contributed by atoms with Crippen LogP contribution >= 0.6 is 11.8 Å². The fourth-order valence-electron chi connectivity index (χ4n) is 3.74. The number of carbonyl (C=O) groups excluding carboxylic acids is 1. The van der Waals surface area contributed by atoms with Crippen LogP contribution in [-0.4, -0.2) is 62.7 Å². The van der Waals surface area contributed by atoms with Crippen molar-refractivity contribution in [3.05, 3.63) is 36.2 Å². The first kappa shape index (κ1) is 22.5. The molecule has 1 spiro atoms. The number of carboxylic acid groups (broad SMARTS) is 1. The van der Waals surface area contributed by atoms with Gasteiger partial charge in [-0.25, -0.2) is 4.79 Å². The summed E-state index contributed by atoms with van der Waals surface area (Å²) in [4.78, 5) is 27.5. The lowest BCUT2D eigenvalue weighted by molar-refractivity contribution is -0.192. The van der Waals surface area contributed by atoms with Crippen molar-refractivity contribution in [1.82, 2.24) is 9.88 Å². The molecule has 0 aromatic carbocycles. The van der Waals surface area contributed by atoms with E-state index in [2.05, 4.69) is 11.1 Å². The van der Waals surface area contributed by atoms with E-state index in [4.69, 9.17) is 14.6 Å². The largest absolute Gasteiger partial charge is 0.490 e. The first-order valence-electron chi connectivity index (χ1n) is 9.68. The van der Waals surface area contributed by atoms with Gasteiger partial charge in [0.05, 0.1) is 10.9 Å². The van der Waals surface area contributed by atoms with E-state index in [9.17, 15) is 18.0 Å². The molecular formula is C20H23F3N2O4S. The lowest BCUT2D eigenvalue weighted by atomic mass is 9.90. The number of pyridine rings is 1. The minimum atomic E-state index is -5.08. The Morgan fingerprint density at radius 3 is 2.60 bits per heavy atom. The second-order valence-corrected chi connectivity index (χ2v) is 9.05. The number of ether oxygens (including phenoxy) is 1. The lowest BCUT2D eigenvalue weighted by Gasteiger charge is -2.47. The molecule has 1 N–H and O–H groups in total. The number of likely N-dealkylation sites (tertiary alicyclic amines) is 1. The molecule has 1 aliphatic carbocycles. The van der Waals surface area contributed by atoms with Gasteiger partial charge in [0.2, 0.25) is 5.91 Å². The normalized spacial score (nSPS) is 22.4. The van der Waals surface area contributed by atoms with Gasteiger partial charge >= 0.3 is 12.1 Å². The third kappa shape index (κ3) is 5.68. The van der Waals surface area contributed by atoms with Gasteiger partial charge < -0.3 is 14.7 Å². The Kier molecular flexibility index (Phi) is 6.95. The number of allylic oxidation sites excluding steroid dienone is 1. The van der Waals surface area contributed by atoms with Crippen LogP contribution in [-0.2, 0) is 9.59 Å². The van der Waals surface area contributed by atoms with E-state index in [1.807, 2.05) is 28.8 Å². The molecule has 4 rings (SSSR count). The number of aliphatic carboxylic acids is 1. The second kappa shape index (κ2) is 9.28. The molecule has 1 atom stereocenters. The van der Waals surface area contributed by atoms with Gasteiger partial charge in [-0.1, -0.05) is 6.08 Å². The summed E-state index contributed by atoms with van der Waals surface area (Å²) in [5.41, 5.74) is 1.04. The maximum Gasteiger partial charge on any atom is 0.490 e. The maximum atomic E-state index is 12.5. The molecule has 0 saturated carbocycles. The van der Waals surface area contributed by atoms with Gasteiger partial charge in [-0.2, -0.15) is 13.2 Å². The highest BCUT2D eigenvalue weighted by atomic mass is 32.2. The summed E-state index contributed by atoms with van der Waals surface area (Å²) in [5, 5.41) is 7.12. The first-order valence-corrected chi connectivity index (χ1v) is 10.7. The van der Waals surface area contributed by atoms with Crippen LogP contribution in [0, 0.1) is 0 Å². The smallest absolute Gasteiger partial charge is 0.488 e. The van der Waals surface area contributed by atoms with Crippen molar-refractivity contribution >= 4 is 23.6 Å². The van der Waals surface area contributed by atoms with E-state index in [0.717, 1.165) is 55.8 Å². The Balaban J connectivity index is 0.000000318. The van der Waals surface area contributed by atoms with Gasteiger partial charge in [-0.15, -0.1) is 11.8 Å². The number of nitrogens with zero attached hydrogens (tertiary/aromatic N) is 2. The topological polar surface area (TPSA) is 79.7 Å². The zero-order valence-corrected chi connectivity index (χ0v) is 17.0. The van der Waals surface area contributed by atoms with Gasteiger partial charge in [0, 0.05) is 37.0 Å². The highest BCUT2D eigenvalue weighted by molar-refractivity contribution is 8.01. The van der Waals surface area contributed by atoms with Crippen LogP contribution in [0.15, 0.2) is 36.2 Å². The zero-order chi connectivity index (χ0) is 21.8. The van der Waals surface area contributed by atoms with Crippen LogP contribution in [0.3, 0.4) is 0 Å². The number of alkyl halides is 3. The number of carboxylic acids is 1. The predicted molar refractivity (Wildman–Crippen MR) is 105 cm³/mol. The van der Waals surface area contributed by atoms with Crippen molar-refractivity contribution < 1.29 is 32.6 Å². The molecule has 10 heteroatoms. The summed E-state index contributed by atoms with van der Waals surface area (Å²) in [6, 6.07) is 3.85. The van der Waals surface area contributed by atoms with Crippen molar-refractivity contribution in [3.63, 3.8) is 0 Å². The van der Waals surface area contributed by atoms with Crippen LogP contribution in [0.2, 0.25) is 0 Å². The minimum absolute atomic E-state index is 0.220. The van der Waals surface area contributed by atoms with Gasteiger partial charge in [0.1, 0.15) is 11.9 Å².